The van der Waals surface area contributed by atoms with Crippen LogP contribution in [0.2, 0.25) is 0 Å². The van der Waals surface area contributed by atoms with Gasteiger partial charge in [0.25, 0.3) is 0 Å². The van der Waals surface area contributed by atoms with Gasteiger partial charge in [0.1, 0.15) is 0 Å². The topological polar surface area (TPSA) is 46.5 Å². The molecule has 3 aromatic heterocycles. The molecule has 0 radical (unpaired) electrons. The molecule has 10 rings (SSSR count). The summed E-state index contributed by atoms with van der Waals surface area (Å²) >= 11 is 0. The highest BCUT2D eigenvalue weighted by Gasteiger charge is 2.17. The molecule has 0 saturated carbocycles. The third-order valence-electron chi connectivity index (χ3n) is 9.72. The number of hydrogen-bond donors (Lipinski definition) is 1. The van der Waals surface area contributed by atoms with E-state index in [2.05, 4.69) is 173 Å². The van der Waals surface area contributed by atoms with Crippen LogP contribution in [0.4, 0.5) is 0 Å². The lowest BCUT2D eigenvalue weighted by molar-refractivity contribution is 1.16. The molecule has 0 aliphatic rings. The Balaban J connectivity index is 1.16. The lowest BCUT2D eigenvalue weighted by Crippen LogP contribution is -1.98. The summed E-state index contributed by atoms with van der Waals surface area (Å²) in [5.41, 5.74) is 12.8. The van der Waals surface area contributed by atoms with Crippen molar-refractivity contribution in [2.45, 2.75) is 0 Å². The van der Waals surface area contributed by atoms with Crippen LogP contribution in [0.1, 0.15) is 0 Å². The highest BCUT2D eigenvalue weighted by molar-refractivity contribution is 6.18. The molecule has 4 nitrogen and oxygen atoms in total. The van der Waals surface area contributed by atoms with Gasteiger partial charge in [-0.25, -0.2) is 9.97 Å². The smallest absolute Gasteiger partial charge is 0.160 e. The predicted molar refractivity (Wildman–Crippen MR) is 207 cm³/mol. The Bertz CT molecular complexity index is 2860. The van der Waals surface area contributed by atoms with Gasteiger partial charge in [0.05, 0.1) is 22.4 Å². The van der Waals surface area contributed by atoms with Gasteiger partial charge in [-0.1, -0.05) is 127 Å². The second-order valence-corrected chi connectivity index (χ2v) is 12.8. The first-order chi connectivity index (χ1) is 24.8. The van der Waals surface area contributed by atoms with E-state index in [0.717, 1.165) is 61.4 Å². The average molecular weight is 639 g/mol. The van der Waals surface area contributed by atoms with Crippen molar-refractivity contribution in [1.29, 1.82) is 0 Å². The zero-order chi connectivity index (χ0) is 33.0. The maximum atomic E-state index is 5.22. The number of aromatic amines is 1. The molecular formula is C46H30N4. The van der Waals surface area contributed by atoms with E-state index < -0.39 is 0 Å². The molecule has 10 aromatic rings. The number of nitrogens with one attached hydrogen (secondary N) is 1. The third kappa shape index (κ3) is 4.69. The van der Waals surface area contributed by atoms with Crippen LogP contribution < -0.4 is 0 Å². The monoisotopic (exact) mass is 638 g/mol. The quantitative estimate of drug-likeness (QED) is 0.204. The normalized spacial score (nSPS) is 11.6. The van der Waals surface area contributed by atoms with E-state index in [1.54, 1.807) is 0 Å². The summed E-state index contributed by atoms with van der Waals surface area (Å²) in [5.74, 6) is 0.687. The molecule has 3 heterocycles. The van der Waals surface area contributed by atoms with Crippen LogP contribution in [-0.2, 0) is 0 Å². The minimum atomic E-state index is 0.687. The second-order valence-electron chi connectivity index (χ2n) is 12.8. The minimum Gasteiger partial charge on any atom is -0.354 e. The van der Waals surface area contributed by atoms with Crippen molar-refractivity contribution in [3.05, 3.63) is 176 Å². The number of aromatic nitrogens is 4. The van der Waals surface area contributed by atoms with Gasteiger partial charge >= 0.3 is 0 Å². The first kappa shape index (κ1) is 28.3. The molecule has 1 N–H and O–H groups in total. The van der Waals surface area contributed by atoms with Crippen LogP contribution >= 0.6 is 0 Å². The van der Waals surface area contributed by atoms with Gasteiger partial charge < -0.3 is 9.55 Å². The number of para-hydroxylation sites is 2. The fourth-order valence-electron chi connectivity index (χ4n) is 7.35. The van der Waals surface area contributed by atoms with Crippen molar-refractivity contribution in [2.75, 3.05) is 0 Å². The summed E-state index contributed by atoms with van der Waals surface area (Å²) < 4.78 is 2.37. The molecule has 0 aliphatic heterocycles. The van der Waals surface area contributed by atoms with Crippen molar-refractivity contribution >= 4 is 43.6 Å². The fourth-order valence-corrected chi connectivity index (χ4v) is 7.35. The van der Waals surface area contributed by atoms with Crippen molar-refractivity contribution in [3.8, 4) is 50.7 Å². The lowest BCUT2D eigenvalue weighted by atomic mass is 10.0. The van der Waals surface area contributed by atoms with Gasteiger partial charge in [0.2, 0.25) is 0 Å². The number of fused-ring (bicyclic) bond motifs is 6. The Morgan fingerprint density at radius 3 is 1.84 bits per heavy atom. The lowest BCUT2D eigenvalue weighted by Gasteiger charge is -2.12. The number of benzene rings is 7. The van der Waals surface area contributed by atoms with Crippen LogP contribution in [0.3, 0.4) is 0 Å². The molecule has 0 amide bonds. The van der Waals surface area contributed by atoms with Gasteiger partial charge in [0, 0.05) is 55.0 Å². The zero-order valence-electron chi connectivity index (χ0n) is 27.1. The number of nitrogens with zero attached hydrogens (tertiary/aromatic N) is 3. The van der Waals surface area contributed by atoms with Crippen LogP contribution in [0.15, 0.2) is 176 Å². The van der Waals surface area contributed by atoms with Gasteiger partial charge in [0.15, 0.2) is 5.82 Å². The van der Waals surface area contributed by atoms with Gasteiger partial charge in [-0.3, -0.25) is 0 Å². The highest BCUT2D eigenvalue weighted by atomic mass is 15.0. The van der Waals surface area contributed by atoms with Gasteiger partial charge in [-0.15, -0.1) is 0 Å². The molecule has 0 aliphatic carbocycles. The van der Waals surface area contributed by atoms with E-state index >= 15 is 0 Å². The average Bonchev–Trinajstić information content (AvgIpc) is 3.72. The molecule has 0 unspecified atom stereocenters. The van der Waals surface area contributed by atoms with Crippen molar-refractivity contribution < 1.29 is 0 Å². The van der Waals surface area contributed by atoms with Gasteiger partial charge in [-0.2, -0.15) is 0 Å². The summed E-state index contributed by atoms with van der Waals surface area (Å²) in [4.78, 5) is 14.0. The highest BCUT2D eigenvalue weighted by Crippen LogP contribution is 2.38. The Labute approximate surface area is 289 Å². The van der Waals surface area contributed by atoms with Gasteiger partial charge in [-0.05, 0) is 59.7 Å². The van der Waals surface area contributed by atoms with E-state index in [4.69, 9.17) is 9.97 Å². The molecule has 4 heteroatoms. The van der Waals surface area contributed by atoms with E-state index in [0.29, 0.717) is 5.82 Å². The maximum absolute atomic E-state index is 5.22. The Hall–Kier alpha value is -6.78. The molecule has 0 spiro atoms. The van der Waals surface area contributed by atoms with E-state index in [9.17, 15) is 0 Å². The number of H-pyrrole nitrogens is 1. The van der Waals surface area contributed by atoms with E-state index in [1.807, 2.05) is 12.1 Å². The first-order valence-electron chi connectivity index (χ1n) is 16.9. The third-order valence-corrected chi connectivity index (χ3v) is 9.72. The molecule has 234 valence electrons. The van der Waals surface area contributed by atoms with Crippen LogP contribution in [0, 0.1) is 0 Å². The molecule has 7 aromatic carbocycles. The summed E-state index contributed by atoms with van der Waals surface area (Å²) in [6.07, 6.45) is 0. The Kier molecular flexibility index (Phi) is 6.46. The molecular weight excluding hydrogens is 609 g/mol. The van der Waals surface area contributed by atoms with Crippen LogP contribution in [0.25, 0.3) is 94.3 Å². The SMILES string of the molecule is c1ccc(-c2cccc(-c3cc(-c4ccccc4)nc(-c4cccc(-n5c6ccccc6c6cc7c(cc65)[nH]c5ccccc57)c4)n3)c2)cc1. The van der Waals surface area contributed by atoms with Crippen molar-refractivity contribution in [3.63, 3.8) is 0 Å². The standard InChI is InChI=1S/C46H30N4/c1-3-13-30(14-4-1)32-17-11-18-33(25-32)42-28-41(31-15-5-2-6-16-31)48-46(49-42)34-19-12-20-35(26-34)50-44-24-10-8-22-37(44)39-27-38-36-21-7-9-23-40(36)47-43(38)29-45(39)50/h1-29,47H. The largest absolute Gasteiger partial charge is 0.354 e. The molecule has 0 atom stereocenters. The summed E-state index contributed by atoms with van der Waals surface area (Å²) in [6, 6.07) is 62.0. The Morgan fingerprint density at radius 1 is 0.360 bits per heavy atom. The number of hydrogen-bond acceptors (Lipinski definition) is 2. The second kappa shape index (κ2) is 11.4. The first-order valence-corrected chi connectivity index (χ1v) is 16.9. The van der Waals surface area contributed by atoms with Crippen molar-refractivity contribution in [1.82, 2.24) is 19.5 Å². The molecule has 0 fully saturated rings. The maximum Gasteiger partial charge on any atom is 0.160 e. The summed E-state index contributed by atoms with van der Waals surface area (Å²) in [6.45, 7) is 0. The Morgan fingerprint density at radius 2 is 1.00 bits per heavy atom. The van der Waals surface area contributed by atoms with Crippen LogP contribution in [-0.4, -0.2) is 19.5 Å². The molecule has 50 heavy (non-hydrogen) atoms. The summed E-state index contributed by atoms with van der Waals surface area (Å²) in [7, 11) is 0. The predicted octanol–water partition coefficient (Wildman–Crippen LogP) is 11.9. The van der Waals surface area contributed by atoms with Crippen molar-refractivity contribution in [2.24, 2.45) is 0 Å². The summed E-state index contributed by atoms with van der Waals surface area (Å²) in [5, 5.41) is 4.93. The van der Waals surface area contributed by atoms with E-state index in [1.165, 1.54) is 27.1 Å². The molecule has 0 bridgehead atoms. The zero-order valence-corrected chi connectivity index (χ0v) is 27.1. The van der Waals surface area contributed by atoms with E-state index in [-0.39, 0.29) is 0 Å². The van der Waals surface area contributed by atoms with Crippen LogP contribution in [0.5, 0.6) is 0 Å². The fraction of sp³-hybridized carbons (Fsp3) is 0. The molecule has 0 saturated heterocycles. The minimum absolute atomic E-state index is 0.687. The number of rotatable bonds is 5.